The lowest BCUT2D eigenvalue weighted by Gasteiger charge is -2.08. The molecule has 7 nitrogen and oxygen atoms in total. The summed E-state index contributed by atoms with van der Waals surface area (Å²) in [7, 11) is 1.49. The summed E-state index contributed by atoms with van der Waals surface area (Å²) in [5.41, 5.74) is 2.11. The molecule has 0 aliphatic carbocycles. The molecule has 0 unspecified atom stereocenters. The SMILES string of the molecule is COc1cc(C=O)c(OCc2cnn3ccncc23)cn1. The van der Waals surface area contributed by atoms with Gasteiger partial charge >= 0.3 is 0 Å². The average Bonchev–Trinajstić information content (AvgIpc) is 2.96. The fourth-order valence-electron chi connectivity index (χ4n) is 1.91. The Morgan fingerprint density at radius 1 is 1.33 bits per heavy atom. The molecular weight excluding hydrogens is 272 g/mol. The Labute approximate surface area is 120 Å². The lowest BCUT2D eigenvalue weighted by atomic mass is 10.2. The quantitative estimate of drug-likeness (QED) is 0.661. The van der Waals surface area contributed by atoms with Crippen LogP contribution >= 0.6 is 0 Å². The first-order valence-electron chi connectivity index (χ1n) is 6.20. The molecule has 0 aliphatic rings. The van der Waals surface area contributed by atoms with Crippen molar-refractivity contribution in [2.75, 3.05) is 7.11 Å². The summed E-state index contributed by atoms with van der Waals surface area (Å²) in [6, 6.07) is 1.53. The van der Waals surface area contributed by atoms with E-state index in [4.69, 9.17) is 9.47 Å². The summed E-state index contributed by atoms with van der Waals surface area (Å²) in [6.07, 6.45) is 8.99. The van der Waals surface area contributed by atoms with Crippen molar-refractivity contribution in [1.82, 2.24) is 19.6 Å². The first-order chi connectivity index (χ1) is 10.3. The lowest BCUT2D eigenvalue weighted by Crippen LogP contribution is -2.00. The Morgan fingerprint density at radius 2 is 2.24 bits per heavy atom. The van der Waals surface area contributed by atoms with Crippen molar-refractivity contribution in [2.45, 2.75) is 6.61 Å². The van der Waals surface area contributed by atoms with Crippen molar-refractivity contribution in [3.05, 3.63) is 48.2 Å². The highest BCUT2D eigenvalue weighted by Gasteiger charge is 2.09. The van der Waals surface area contributed by atoms with E-state index in [0.29, 0.717) is 23.5 Å². The third-order valence-electron chi connectivity index (χ3n) is 3.00. The topological polar surface area (TPSA) is 78.6 Å². The number of carbonyl (C=O) groups is 1. The highest BCUT2D eigenvalue weighted by atomic mass is 16.5. The second-order valence-corrected chi connectivity index (χ2v) is 4.25. The summed E-state index contributed by atoms with van der Waals surface area (Å²) >= 11 is 0. The predicted octanol–water partition coefficient (Wildman–Crippen LogP) is 1.52. The van der Waals surface area contributed by atoms with E-state index in [2.05, 4.69) is 15.1 Å². The fraction of sp³-hybridized carbons (Fsp3) is 0.143. The largest absolute Gasteiger partial charge is 0.486 e. The lowest BCUT2D eigenvalue weighted by molar-refractivity contribution is 0.111. The summed E-state index contributed by atoms with van der Waals surface area (Å²) in [5, 5.41) is 4.19. The molecule has 0 saturated heterocycles. The maximum absolute atomic E-state index is 11.1. The van der Waals surface area contributed by atoms with E-state index in [-0.39, 0.29) is 6.61 Å². The van der Waals surface area contributed by atoms with Crippen LogP contribution in [-0.4, -0.2) is 33.0 Å². The van der Waals surface area contributed by atoms with Crippen molar-refractivity contribution in [1.29, 1.82) is 0 Å². The van der Waals surface area contributed by atoms with Crippen LogP contribution in [0.3, 0.4) is 0 Å². The maximum Gasteiger partial charge on any atom is 0.213 e. The van der Waals surface area contributed by atoms with Crippen LogP contribution in [0.2, 0.25) is 0 Å². The molecule has 0 N–H and O–H groups in total. The van der Waals surface area contributed by atoms with Gasteiger partial charge in [0.1, 0.15) is 12.4 Å². The number of rotatable bonds is 5. The van der Waals surface area contributed by atoms with Gasteiger partial charge in [-0.25, -0.2) is 9.50 Å². The predicted molar refractivity (Wildman–Crippen MR) is 73.5 cm³/mol. The van der Waals surface area contributed by atoms with Gasteiger partial charge in [-0.05, 0) is 0 Å². The van der Waals surface area contributed by atoms with E-state index in [1.54, 1.807) is 29.3 Å². The third kappa shape index (κ3) is 2.53. The van der Waals surface area contributed by atoms with E-state index in [9.17, 15) is 4.79 Å². The zero-order valence-corrected chi connectivity index (χ0v) is 11.3. The summed E-state index contributed by atoms with van der Waals surface area (Å²) in [5.74, 6) is 0.763. The summed E-state index contributed by atoms with van der Waals surface area (Å²) < 4.78 is 12.3. The van der Waals surface area contributed by atoms with E-state index in [1.807, 2.05) is 0 Å². The molecule has 3 heterocycles. The smallest absolute Gasteiger partial charge is 0.213 e. The molecular formula is C14H12N4O3. The number of aldehydes is 1. The van der Waals surface area contributed by atoms with Gasteiger partial charge in [0.15, 0.2) is 6.29 Å². The number of aromatic nitrogens is 4. The zero-order chi connectivity index (χ0) is 14.7. The number of carbonyl (C=O) groups excluding carboxylic acids is 1. The van der Waals surface area contributed by atoms with Crippen molar-refractivity contribution in [3.8, 4) is 11.6 Å². The first-order valence-corrected chi connectivity index (χ1v) is 6.20. The highest BCUT2D eigenvalue weighted by Crippen LogP contribution is 2.21. The second kappa shape index (κ2) is 5.58. The van der Waals surface area contributed by atoms with Gasteiger partial charge in [0, 0.05) is 24.0 Å². The molecule has 0 spiro atoms. The van der Waals surface area contributed by atoms with Gasteiger partial charge in [0.2, 0.25) is 5.88 Å². The van der Waals surface area contributed by atoms with E-state index < -0.39 is 0 Å². The standard InChI is InChI=1S/C14H12N4O3/c1-20-14-4-10(8-19)13(7-16-14)21-9-11-5-17-18-3-2-15-6-12(11)18/h2-8H,9H2,1H3. The number of hydrogen-bond acceptors (Lipinski definition) is 6. The van der Waals surface area contributed by atoms with E-state index >= 15 is 0 Å². The average molecular weight is 284 g/mol. The molecule has 0 atom stereocenters. The molecule has 0 aliphatic heterocycles. The molecule has 106 valence electrons. The molecule has 0 fully saturated rings. The molecule has 21 heavy (non-hydrogen) atoms. The molecule has 0 amide bonds. The minimum Gasteiger partial charge on any atom is -0.486 e. The van der Waals surface area contributed by atoms with E-state index in [0.717, 1.165) is 11.1 Å². The molecule has 0 radical (unpaired) electrons. The van der Waals surface area contributed by atoms with Crippen LogP contribution in [0.4, 0.5) is 0 Å². The number of methoxy groups -OCH3 is 1. The normalized spacial score (nSPS) is 10.5. The van der Waals surface area contributed by atoms with Crippen molar-refractivity contribution >= 4 is 11.8 Å². The zero-order valence-electron chi connectivity index (χ0n) is 11.3. The summed E-state index contributed by atoms with van der Waals surface area (Å²) in [4.78, 5) is 19.2. The Bertz CT molecular complexity index is 785. The molecule has 3 rings (SSSR count). The Hall–Kier alpha value is -2.96. The van der Waals surface area contributed by atoms with Crippen LogP contribution < -0.4 is 9.47 Å². The van der Waals surface area contributed by atoms with Crippen molar-refractivity contribution in [2.24, 2.45) is 0 Å². The van der Waals surface area contributed by atoms with Crippen LogP contribution in [0, 0.1) is 0 Å². The van der Waals surface area contributed by atoms with Gasteiger partial charge in [-0.3, -0.25) is 9.78 Å². The highest BCUT2D eigenvalue weighted by molar-refractivity contribution is 5.79. The molecule has 0 saturated carbocycles. The van der Waals surface area contributed by atoms with Crippen LogP contribution in [0.5, 0.6) is 11.6 Å². The fourth-order valence-corrected chi connectivity index (χ4v) is 1.91. The molecule has 0 bridgehead atoms. The van der Waals surface area contributed by atoms with Crippen molar-refractivity contribution < 1.29 is 14.3 Å². The maximum atomic E-state index is 11.1. The third-order valence-corrected chi connectivity index (χ3v) is 3.00. The number of pyridine rings is 1. The Balaban J connectivity index is 1.83. The minimum atomic E-state index is 0.268. The van der Waals surface area contributed by atoms with Gasteiger partial charge in [0.05, 0.1) is 36.8 Å². The van der Waals surface area contributed by atoms with Crippen LogP contribution in [0.15, 0.2) is 37.1 Å². The Morgan fingerprint density at radius 3 is 3.05 bits per heavy atom. The second-order valence-electron chi connectivity index (χ2n) is 4.25. The van der Waals surface area contributed by atoms with Crippen LogP contribution in [0.25, 0.3) is 5.52 Å². The van der Waals surface area contributed by atoms with E-state index in [1.165, 1.54) is 19.4 Å². The van der Waals surface area contributed by atoms with Crippen LogP contribution in [-0.2, 0) is 6.61 Å². The monoisotopic (exact) mass is 284 g/mol. The molecule has 0 aromatic carbocycles. The van der Waals surface area contributed by atoms with Gasteiger partial charge in [-0.15, -0.1) is 0 Å². The van der Waals surface area contributed by atoms with Gasteiger partial charge in [-0.1, -0.05) is 0 Å². The summed E-state index contributed by atoms with van der Waals surface area (Å²) in [6.45, 7) is 0.268. The van der Waals surface area contributed by atoms with Gasteiger partial charge in [0.25, 0.3) is 0 Å². The van der Waals surface area contributed by atoms with Gasteiger partial charge < -0.3 is 9.47 Å². The molecule has 7 heteroatoms. The number of nitrogens with zero attached hydrogens (tertiary/aromatic N) is 4. The molecule has 3 aromatic heterocycles. The number of fused-ring (bicyclic) bond motifs is 1. The van der Waals surface area contributed by atoms with Crippen molar-refractivity contribution in [3.63, 3.8) is 0 Å². The number of hydrogen-bond donors (Lipinski definition) is 0. The molecule has 3 aromatic rings. The first kappa shape index (κ1) is 13.0. The van der Waals surface area contributed by atoms with Crippen LogP contribution in [0.1, 0.15) is 15.9 Å². The minimum absolute atomic E-state index is 0.268. The number of ether oxygens (including phenoxy) is 2. The van der Waals surface area contributed by atoms with Gasteiger partial charge in [-0.2, -0.15) is 5.10 Å². The Kier molecular flexibility index (Phi) is 3.46.